The van der Waals surface area contributed by atoms with E-state index in [2.05, 4.69) is 11.8 Å². The number of nitrogens with zero attached hydrogens (tertiary/aromatic N) is 1. The molecule has 1 N–H and O–H groups in total. The van der Waals surface area contributed by atoms with Gasteiger partial charge >= 0.3 is 5.97 Å². The average molecular weight is 345 g/mol. The summed E-state index contributed by atoms with van der Waals surface area (Å²) in [7, 11) is 0. The fourth-order valence-electron chi connectivity index (χ4n) is 2.62. The minimum Gasteiger partial charge on any atom is -0.477 e. The van der Waals surface area contributed by atoms with Crippen molar-refractivity contribution in [2.75, 3.05) is 0 Å². The van der Waals surface area contributed by atoms with Crippen LogP contribution < -0.4 is 5.43 Å². The van der Waals surface area contributed by atoms with E-state index in [1.807, 2.05) is 20.8 Å². The highest BCUT2D eigenvalue weighted by Gasteiger charge is 2.29. The van der Waals surface area contributed by atoms with Gasteiger partial charge in [0.25, 0.3) is 0 Å². The monoisotopic (exact) mass is 345 g/mol. The van der Waals surface area contributed by atoms with E-state index in [1.54, 1.807) is 4.57 Å². The summed E-state index contributed by atoms with van der Waals surface area (Å²) in [5.41, 5.74) is -1.78. The predicted molar refractivity (Wildman–Crippen MR) is 89.7 cm³/mol. The number of carboxylic acid groups (broad SMARTS) is 1. The molecule has 3 rings (SSSR count). The lowest BCUT2D eigenvalue weighted by Gasteiger charge is -2.14. The molecule has 1 aliphatic carbocycles. The van der Waals surface area contributed by atoms with Crippen LogP contribution >= 0.6 is 0 Å². The van der Waals surface area contributed by atoms with Crippen LogP contribution in [0.1, 0.15) is 55.6 Å². The van der Waals surface area contributed by atoms with Crippen LogP contribution in [-0.2, 0) is 0 Å². The lowest BCUT2D eigenvalue weighted by atomic mass is 9.96. The molecule has 6 heteroatoms. The van der Waals surface area contributed by atoms with Crippen LogP contribution in [0, 0.1) is 28.9 Å². The normalized spacial score (nSPS) is 14.3. The topological polar surface area (TPSA) is 59.3 Å². The van der Waals surface area contributed by atoms with Gasteiger partial charge in [-0.15, -0.1) is 0 Å². The third kappa shape index (κ3) is 3.14. The number of aromatic carboxylic acids is 1. The first-order valence-corrected chi connectivity index (χ1v) is 7.93. The van der Waals surface area contributed by atoms with Crippen molar-refractivity contribution >= 4 is 16.9 Å². The van der Waals surface area contributed by atoms with E-state index < -0.39 is 34.0 Å². The molecular formula is C19H17F2NO3. The molecule has 130 valence electrons. The van der Waals surface area contributed by atoms with Gasteiger partial charge in [0.05, 0.1) is 16.5 Å². The highest BCUT2D eigenvalue weighted by atomic mass is 19.2. The minimum absolute atomic E-state index is 0.0405. The quantitative estimate of drug-likeness (QED) is 0.844. The Morgan fingerprint density at radius 3 is 2.48 bits per heavy atom. The number of hydrogen-bond donors (Lipinski definition) is 1. The van der Waals surface area contributed by atoms with Crippen LogP contribution in [0.15, 0.2) is 17.1 Å². The Labute approximate surface area is 143 Å². The molecule has 1 aliphatic rings. The highest BCUT2D eigenvalue weighted by Crippen LogP contribution is 2.38. The first kappa shape index (κ1) is 17.2. The van der Waals surface area contributed by atoms with Gasteiger partial charge in [-0.3, -0.25) is 4.79 Å². The summed E-state index contributed by atoms with van der Waals surface area (Å²) < 4.78 is 30.1. The lowest BCUT2D eigenvalue weighted by Crippen LogP contribution is -2.20. The minimum atomic E-state index is -1.40. The van der Waals surface area contributed by atoms with E-state index in [4.69, 9.17) is 0 Å². The number of benzene rings is 1. The molecule has 1 saturated carbocycles. The van der Waals surface area contributed by atoms with Crippen molar-refractivity contribution < 1.29 is 18.7 Å². The average Bonchev–Trinajstić information content (AvgIpc) is 3.32. The molecule has 0 atom stereocenters. The van der Waals surface area contributed by atoms with Crippen LogP contribution in [0.3, 0.4) is 0 Å². The molecule has 2 aromatic rings. The van der Waals surface area contributed by atoms with Crippen LogP contribution in [0.2, 0.25) is 0 Å². The second kappa shape index (κ2) is 5.69. The maximum Gasteiger partial charge on any atom is 0.341 e. The zero-order chi connectivity index (χ0) is 18.5. The molecule has 1 aromatic carbocycles. The van der Waals surface area contributed by atoms with E-state index in [0.717, 1.165) is 18.9 Å². The Morgan fingerprint density at radius 1 is 1.32 bits per heavy atom. The first-order valence-electron chi connectivity index (χ1n) is 7.93. The molecule has 0 spiro atoms. The molecule has 0 radical (unpaired) electrons. The van der Waals surface area contributed by atoms with Crippen molar-refractivity contribution in [2.45, 2.75) is 39.7 Å². The van der Waals surface area contributed by atoms with Crippen molar-refractivity contribution in [2.24, 2.45) is 5.41 Å². The summed E-state index contributed by atoms with van der Waals surface area (Å²) in [4.78, 5) is 23.8. The Hall–Kier alpha value is -2.68. The second-order valence-corrected chi connectivity index (χ2v) is 7.26. The zero-order valence-corrected chi connectivity index (χ0v) is 14.1. The third-order valence-corrected chi connectivity index (χ3v) is 3.94. The largest absolute Gasteiger partial charge is 0.477 e. The van der Waals surface area contributed by atoms with E-state index in [9.17, 15) is 23.5 Å². The number of hydrogen-bond acceptors (Lipinski definition) is 2. The van der Waals surface area contributed by atoms with Crippen LogP contribution in [0.25, 0.3) is 10.9 Å². The molecule has 0 saturated heterocycles. The molecule has 1 heterocycles. The van der Waals surface area contributed by atoms with E-state index >= 15 is 0 Å². The SMILES string of the molecule is CC(C)(C)C#Cc1c(F)c(F)cc2c(=O)c(C(=O)O)cn(C3CC3)c12. The number of carbonyl (C=O) groups is 1. The predicted octanol–water partition coefficient (Wildman–Crippen LogP) is 3.71. The van der Waals surface area contributed by atoms with Gasteiger partial charge in [-0.25, -0.2) is 13.6 Å². The number of aromatic nitrogens is 1. The number of carboxylic acids is 1. The van der Waals surface area contributed by atoms with E-state index in [-0.39, 0.29) is 22.5 Å². The van der Waals surface area contributed by atoms with Gasteiger partial charge in [0.2, 0.25) is 5.43 Å². The van der Waals surface area contributed by atoms with Gasteiger partial charge in [0.15, 0.2) is 11.6 Å². The zero-order valence-electron chi connectivity index (χ0n) is 14.1. The second-order valence-electron chi connectivity index (χ2n) is 7.26. The van der Waals surface area contributed by atoms with Crippen LogP contribution in [0.4, 0.5) is 8.78 Å². The summed E-state index contributed by atoms with van der Waals surface area (Å²) in [6, 6.07) is 0.724. The van der Waals surface area contributed by atoms with Crippen molar-refractivity contribution in [1.82, 2.24) is 4.57 Å². The van der Waals surface area contributed by atoms with Crippen molar-refractivity contribution in [3.05, 3.63) is 45.2 Å². The molecule has 25 heavy (non-hydrogen) atoms. The smallest absolute Gasteiger partial charge is 0.341 e. The first-order chi connectivity index (χ1) is 11.6. The molecule has 0 aliphatic heterocycles. The lowest BCUT2D eigenvalue weighted by molar-refractivity contribution is 0.0695. The fourth-order valence-corrected chi connectivity index (χ4v) is 2.62. The Kier molecular flexibility index (Phi) is 3.91. The Morgan fingerprint density at radius 2 is 1.96 bits per heavy atom. The van der Waals surface area contributed by atoms with Gasteiger partial charge in [-0.2, -0.15) is 0 Å². The molecule has 1 fully saturated rings. The standard InChI is InChI=1S/C19H17F2NO3/c1-19(2,3)7-6-11-15(21)14(20)8-12-16(11)22(10-4-5-10)9-13(17(12)23)18(24)25/h8-10H,4-5H2,1-3H3,(H,24,25). The molecule has 0 bridgehead atoms. The van der Waals surface area contributed by atoms with E-state index in [1.165, 1.54) is 6.20 Å². The number of halogens is 2. The fraction of sp³-hybridized carbons (Fsp3) is 0.368. The molecule has 0 amide bonds. The Bertz CT molecular complexity index is 1020. The summed E-state index contributed by atoms with van der Waals surface area (Å²) in [5.74, 6) is 1.78. The van der Waals surface area contributed by atoms with Crippen LogP contribution in [0.5, 0.6) is 0 Å². The van der Waals surface area contributed by atoms with Gasteiger partial charge < -0.3 is 9.67 Å². The number of pyridine rings is 1. The molecule has 1 aromatic heterocycles. The maximum atomic E-state index is 14.5. The Balaban J connectivity index is 2.48. The summed E-state index contributed by atoms with van der Waals surface area (Å²) in [5, 5.41) is 9.08. The van der Waals surface area contributed by atoms with Gasteiger partial charge in [-0.1, -0.05) is 11.8 Å². The van der Waals surface area contributed by atoms with Gasteiger partial charge in [-0.05, 0) is 39.7 Å². The third-order valence-electron chi connectivity index (χ3n) is 3.94. The summed E-state index contributed by atoms with van der Waals surface area (Å²) >= 11 is 0. The van der Waals surface area contributed by atoms with Crippen molar-refractivity contribution in [3.8, 4) is 11.8 Å². The number of rotatable bonds is 2. The highest BCUT2D eigenvalue weighted by molar-refractivity contribution is 5.94. The summed E-state index contributed by atoms with van der Waals surface area (Å²) in [6.07, 6.45) is 2.77. The maximum absolute atomic E-state index is 14.5. The molecular weight excluding hydrogens is 328 g/mol. The summed E-state index contributed by atoms with van der Waals surface area (Å²) in [6.45, 7) is 5.49. The van der Waals surface area contributed by atoms with Gasteiger partial charge in [0, 0.05) is 17.7 Å². The van der Waals surface area contributed by atoms with Crippen molar-refractivity contribution in [1.29, 1.82) is 0 Å². The molecule has 0 unspecified atom stereocenters. The van der Waals surface area contributed by atoms with Crippen LogP contribution in [-0.4, -0.2) is 15.6 Å². The van der Waals surface area contributed by atoms with E-state index in [0.29, 0.717) is 0 Å². The molecule has 4 nitrogen and oxygen atoms in total. The van der Waals surface area contributed by atoms with Crippen molar-refractivity contribution in [3.63, 3.8) is 0 Å². The number of fused-ring (bicyclic) bond motifs is 1. The van der Waals surface area contributed by atoms with Gasteiger partial charge in [0.1, 0.15) is 5.56 Å².